The second-order valence-corrected chi connectivity index (χ2v) is 9.84. The van der Waals surface area contributed by atoms with Gasteiger partial charge in [-0.1, -0.05) is 44.2 Å². The highest BCUT2D eigenvalue weighted by molar-refractivity contribution is 7.89. The van der Waals surface area contributed by atoms with Gasteiger partial charge < -0.3 is 5.32 Å². The summed E-state index contributed by atoms with van der Waals surface area (Å²) in [6.45, 7) is 1.84. The van der Waals surface area contributed by atoms with E-state index in [1.54, 1.807) is 16.4 Å². The van der Waals surface area contributed by atoms with Gasteiger partial charge in [-0.25, -0.2) is 8.42 Å². The topological polar surface area (TPSA) is 66.5 Å². The number of benzene rings is 1. The van der Waals surface area contributed by atoms with Crippen LogP contribution in [0, 0.1) is 5.92 Å². The third-order valence-electron chi connectivity index (χ3n) is 5.87. The lowest BCUT2D eigenvalue weighted by atomic mass is 9.86. The maximum Gasteiger partial charge on any atom is 0.243 e. The minimum Gasteiger partial charge on any atom is -0.356 e. The summed E-state index contributed by atoms with van der Waals surface area (Å²) in [7, 11) is -3.34. The number of sulfonamides is 1. The minimum absolute atomic E-state index is 0.133. The average molecular weight is 393 g/mol. The van der Waals surface area contributed by atoms with Crippen molar-refractivity contribution in [3.63, 3.8) is 0 Å². The molecular weight excluding hydrogens is 360 g/mol. The van der Waals surface area contributed by atoms with E-state index in [2.05, 4.69) is 5.32 Å². The Bertz CT molecular complexity index is 703. The van der Waals surface area contributed by atoms with Gasteiger partial charge in [-0.15, -0.1) is 0 Å². The molecule has 0 bridgehead atoms. The average Bonchev–Trinajstić information content (AvgIpc) is 3.23. The molecule has 1 saturated carbocycles. The van der Waals surface area contributed by atoms with Gasteiger partial charge in [0.1, 0.15) is 0 Å². The molecule has 2 aliphatic rings. The van der Waals surface area contributed by atoms with Gasteiger partial charge in [-0.2, -0.15) is 4.31 Å². The molecule has 0 radical (unpaired) electrons. The molecule has 150 valence electrons. The first-order valence-corrected chi connectivity index (χ1v) is 11.9. The predicted molar refractivity (Wildman–Crippen MR) is 107 cm³/mol. The Morgan fingerprint density at radius 3 is 2.33 bits per heavy atom. The van der Waals surface area contributed by atoms with E-state index in [0.717, 1.165) is 37.2 Å². The Labute approximate surface area is 163 Å². The molecule has 0 atom stereocenters. The molecule has 1 N–H and O–H groups in total. The Hall–Kier alpha value is -1.40. The lowest BCUT2D eigenvalue weighted by Crippen LogP contribution is -2.28. The summed E-state index contributed by atoms with van der Waals surface area (Å²) in [5.74, 6) is 0.864. The number of amides is 1. The van der Waals surface area contributed by atoms with Crippen LogP contribution in [0.25, 0.3) is 0 Å². The van der Waals surface area contributed by atoms with Crippen molar-refractivity contribution < 1.29 is 13.2 Å². The van der Waals surface area contributed by atoms with Crippen molar-refractivity contribution in [3.05, 3.63) is 29.8 Å². The van der Waals surface area contributed by atoms with Crippen LogP contribution in [0.1, 0.15) is 63.4 Å². The van der Waals surface area contributed by atoms with Crippen LogP contribution in [0.3, 0.4) is 0 Å². The third kappa shape index (κ3) is 5.79. The van der Waals surface area contributed by atoms with Crippen molar-refractivity contribution in [2.75, 3.05) is 19.6 Å². The van der Waals surface area contributed by atoms with Crippen molar-refractivity contribution in [1.29, 1.82) is 0 Å². The highest BCUT2D eigenvalue weighted by atomic mass is 32.2. The Morgan fingerprint density at radius 2 is 1.67 bits per heavy atom. The fourth-order valence-electron chi connectivity index (χ4n) is 4.15. The summed E-state index contributed by atoms with van der Waals surface area (Å²) in [4.78, 5) is 12.4. The molecule has 5 nitrogen and oxygen atoms in total. The van der Waals surface area contributed by atoms with E-state index in [1.165, 1.54) is 32.1 Å². The summed E-state index contributed by atoms with van der Waals surface area (Å²) in [5.41, 5.74) is 1.04. The van der Waals surface area contributed by atoms with Gasteiger partial charge in [0, 0.05) is 26.1 Å². The second-order valence-electron chi connectivity index (χ2n) is 7.90. The first-order chi connectivity index (χ1) is 13.1. The number of carbonyl (C=O) groups excluding carboxylic acids is 1. The Balaban J connectivity index is 1.40. The van der Waals surface area contributed by atoms with E-state index in [9.17, 15) is 13.2 Å². The quantitative estimate of drug-likeness (QED) is 0.736. The smallest absolute Gasteiger partial charge is 0.243 e. The van der Waals surface area contributed by atoms with Crippen LogP contribution < -0.4 is 5.32 Å². The molecule has 3 rings (SSSR count). The molecule has 2 fully saturated rings. The highest BCUT2D eigenvalue weighted by Crippen LogP contribution is 2.27. The summed E-state index contributed by atoms with van der Waals surface area (Å²) < 4.78 is 26.6. The molecular formula is C21H32N2O3S. The van der Waals surface area contributed by atoms with E-state index < -0.39 is 10.0 Å². The molecule has 0 spiro atoms. The predicted octanol–water partition coefficient (Wildman–Crippen LogP) is 3.49. The standard InChI is InChI=1S/C21H32N2O3S/c24-21(13-10-18-6-2-1-3-7-18)22-15-14-19-8-11-20(12-9-19)27(25,26)23-16-4-5-17-23/h8-9,11-12,18H,1-7,10,13-17H2,(H,22,24). The zero-order chi connectivity index (χ0) is 19.1. The van der Waals surface area contributed by atoms with Gasteiger partial charge in [0.25, 0.3) is 0 Å². The Kier molecular flexibility index (Phi) is 7.30. The van der Waals surface area contributed by atoms with E-state index >= 15 is 0 Å². The number of nitrogens with zero attached hydrogens (tertiary/aromatic N) is 1. The summed E-state index contributed by atoms with van der Waals surface area (Å²) >= 11 is 0. The van der Waals surface area contributed by atoms with Crippen molar-refractivity contribution in [1.82, 2.24) is 9.62 Å². The molecule has 1 heterocycles. The summed E-state index contributed by atoms with van der Waals surface area (Å²) in [6.07, 6.45) is 10.8. The van der Waals surface area contributed by atoms with E-state index in [4.69, 9.17) is 0 Å². The molecule has 1 aromatic carbocycles. The number of hydrogen-bond acceptors (Lipinski definition) is 3. The van der Waals surface area contributed by atoms with Crippen LogP contribution in [-0.2, 0) is 21.2 Å². The van der Waals surface area contributed by atoms with Gasteiger partial charge >= 0.3 is 0 Å². The van der Waals surface area contributed by atoms with Crippen molar-refractivity contribution in [3.8, 4) is 0 Å². The van der Waals surface area contributed by atoms with Gasteiger partial charge in [0.2, 0.25) is 15.9 Å². The third-order valence-corrected chi connectivity index (χ3v) is 7.78. The second kappa shape index (κ2) is 9.69. The molecule has 1 amide bonds. The summed E-state index contributed by atoms with van der Waals surface area (Å²) in [6, 6.07) is 7.09. The van der Waals surface area contributed by atoms with E-state index in [1.807, 2.05) is 12.1 Å². The minimum atomic E-state index is -3.34. The van der Waals surface area contributed by atoms with Gasteiger partial charge in [0.05, 0.1) is 4.90 Å². The zero-order valence-corrected chi connectivity index (χ0v) is 17.0. The van der Waals surface area contributed by atoms with Gasteiger partial charge in [-0.05, 0) is 49.3 Å². The lowest BCUT2D eigenvalue weighted by Gasteiger charge is -2.21. The SMILES string of the molecule is O=C(CCC1CCCCC1)NCCc1ccc(S(=O)(=O)N2CCCC2)cc1. The van der Waals surface area contributed by atoms with Gasteiger partial charge in [0.15, 0.2) is 0 Å². The monoisotopic (exact) mass is 392 g/mol. The largest absolute Gasteiger partial charge is 0.356 e. The van der Waals surface area contributed by atoms with Crippen LogP contribution in [-0.4, -0.2) is 38.3 Å². The molecule has 27 heavy (non-hydrogen) atoms. The molecule has 1 saturated heterocycles. The first kappa shape index (κ1) is 20.3. The number of carbonyl (C=O) groups is 1. The Morgan fingerprint density at radius 1 is 1.00 bits per heavy atom. The van der Waals surface area contributed by atoms with Gasteiger partial charge in [-0.3, -0.25) is 4.79 Å². The molecule has 1 aromatic rings. The molecule has 1 aliphatic carbocycles. The number of hydrogen-bond donors (Lipinski definition) is 1. The van der Waals surface area contributed by atoms with E-state index in [-0.39, 0.29) is 5.91 Å². The maximum absolute atomic E-state index is 12.5. The molecule has 1 aliphatic heterocycles. The fourth-order valence-corrected chi connectivity index (χ4v) is 5.67. The fraction of sp³-hybridized carbons (Fsp3) is 0.667. The normalized spacial score (nSPS) is 19.3. The maximum atomic E-state index is 12.5. The van der Waals surface area contributed by atoms with Crippen molar-refractivity contribution in [2.24, 2.45) is 5.92 Å². The van der Waals surface area contributed by atoms with Crippen LogP contribution in [0.4, 0.5) is 0 Å². The first-order valence-electron chi connectivity index (χ1n) is 10.4. The van der Waals surface area contributed by atoms with Crippen LogP contribution >= 0.6 is 0 Å². The van der Waals surface area contributed by atoms with Crippen LogP contribution in [0.5, 0.6) is 0 Å². The highest BCUT2D eigenvalue weighted by Gasteiger charge is 2.26. The molecule has 6 heteroatoms. The lowest BCUT2D eigenvalue weighted by molar-refractivity contribution is -0.121. The zero-order valence-electron chi connectivity index (χ0n) is 16.2. The molecule has 0 aromatic heterocycles. The number of nitrogens with one attached hydrogen (secondary N) is 1. The van der Waals surface area contributed by atoms with Crippen molar-refractivity contribution in [2.45, 2.75) is 69.1 Å². The molecule has 0 unspecified atom stereocenters. The van der Waals surface area contributed by atoms with E-state index in [0.29, 0.717) is 31.0 Å². The van der Waals surface area contributed by atoms with Crippen LogP contribution in [0.2, 0.25) is 0 Å². The number of rotatable bonds is 8. The van der Waals surface area contributed by atoms with Crippen molar-refractivity contribution >= 4 is 15.9 Å². The van der Waals surface area contributed by atoms with Crippen LogP contribution in [0.15, 0.2) is 29.2 Å². The summed E-state index contributed by atoms with van der Waals surface area (Å²) in [5, 5.41) is 2.99.